The van der Waals surface area contributed by atoms with E-state index in [0.29, 0.717) is 0 Å². The summed E-state index contributed by atoms with van der Waals surface area (Å²) in [5.74, 6) is 0. The molecule has 0 saturated heterocycles. The van der Waals surface area contributed by atoms with Gasteiger partial charge < -0.3 is 5.73 Å². The van der Waals surface area contributed by atoms with Gasteiger partial charge in [0, 0.05) is 11.0 Å². The molecule has 16 heavy (non-hydrogen) atoms. The topological polar surface area (TPSA) is 26.0 Å². The van der Waals surface area contributed by atoms with Crippen molar-refractivity contribution in [1.29, 1.82) is 0 Å². The summed E-state index contributed by atoms with van der Waals surface area (Å²) in [5.41, 5.74) is 9.12. The van der Waals surface area contributed by atoms with Crippen LogP contribution in [0.1, 0.15) is 39.2 Å². The highest BCUT2D eigenvalue weighted by Gasteiger charge is 2.53. The van der Waals surface area contributed by atoms with Gasteiger partial charge in [-0.15, -0.1) is 0 Å². The van der Waals surface area contributed by atoms with Gasteiger partial charge in [0.15, 0.2) is 0 Å². The van der Waals surface area contributed by atoms with Crippen LogP contribution in [0.5, 0.6) is 0 Å². The molecule has 1 aliphatic carbocycles. The molecular formula is C15H21N. The normalized spacial score (nSPS) is 19.6. The van der Waals surface area contributed by atoms with E-state index in [1.54, 1.807) is 0 Å². The van der Waals surface area contributed by atoms with E-state index in [2.05, 4.69) is 51.1 Å². The smallest absolute Gasteiger partial charge is 0.0191 e. The average Bonchev–Trinajstić information content (AvgIpc) is 2.98. The Labute approximate surface area is 98.4 Å². The lowest BCUT2D eigenvalue weighted by molar-refractivity contribution is 0.346. The molecule has 0 radical (unpaired) electrons. The largest absolute Gasteiger partial charge is 0.325 e. The lowest BCUT2D eigenvalue weighted by Crippen LogP contribution is -2.43. The van der Waals surface area contributed by atoms with Crippen molar-refractivity contribution in [2.45, 2.75) is 39.2 Å². The van der Waals surface area contributed by atoms with Crippen LogP contribution in [-0.2, 0) is 0 Å². The molecule has 1 heteroatoms. The van der Waals surface area contributed by atoms with Gasteiger partial charge >= 0.3 is 0 Å². The van der Waals surface area contributed by atoms with E-state index in [1.807, 2.05) is 6.07 Å². The van der Waals surface area contributed by atoms with Crippen LogP contribution in [0, 0.1) is 5.41 Å². The lowest BCUT2D eigenvalue weighted by Gasteiger charge is -2.32. The fourth-order valence-electron chi connectivity index (χ4n) is 2.61. The van der Waals surface area contributed by atoms with Crippen LogP contribution in [0.3, 0.4) is 0 Å². The molecule has 2 N–H and O–H groups in total. The molecular weight excluding hydrogens is 194 g/mol. The van der Waals surface area contributed by atoms with E-state index in [9.17, 15) is 0 Å². The standard InChI is InChI=1S/C15H21N/c1-12(11-13-7-5-4-6-8-13)15(9-10-15)14(2,3)16/h4-8,11H,9-10,16H2,1-3H3/b12-11-. The van der Waals surface area contributed by atoms with Crippen molar-refractivity contribution in [2.75, 3.05) is 0 Å². The molecule has 1 nitrogen and oxygen atoms in total. The Morgan fingerprint density at radius 3 is 2.25 bits per heavy atom. The first kappa shape index (κ1) is 11.4. The molecule has 0 aromatic heterocycles. The van der Waals surface area contributed by atoms with Crippen LogP contribution in [-0.4, -0.2) is 5.54 Å². The van der Waals surface area contributed by atoms with Crippen LogP contribution in [0.2, 0.25) is 0 Å². The van der Waals surface area contributed by atoms with E-state index in [1.165, 1.54) is 24.0 Å². The maximum Gasteiger partial charge on any atom is 0.0191 e. The van der Waals surface area contributed by atoms with Gasteiger partial charge in [-0.05, 0) is 39.2 Å². The average molecular weight is 215 g/mol. The molecule has 0 aliphatic heterocycles. The summed E-state index contributed by atoms with van der Waals surface area (Å²) < 4.78 is 0. The molecule has 0 amide bonds. The van der Waals surface area contributed by atoms with Crippen LogP contribution in [0.15, 0.2) is 35.9 Å². The van der Waals surface area contributed by atoms with Crippen LogP contribution in [0.4, 0.5) is 0 Å². The van der Waals surface area contributed by atoms with E-state index in [4.69, 9.17) is 5.73 Å². The molecule has 86 valence electrons. The van der Waals surface area contributed by atoms with Gasteiger partial charge in [-0.1, -0.05) is 42.0 Å². The maximum atomic E-state index is 6.29. The molecule has 1 saturated carbocycles. The molecule has 0 spiro atoms. The van der Waals surface area contributed by atoms with E-state index >= 15 is 0 Å². The van der Waals surface area contributed by atoms with E-state index < -0.39 is 0 Å². The molecule has 0 heterocycles. The summed E-state index contributed by atoms with van der Waals surface area (Å²) in [6.45, 7) is 6.50. The highest BCUT2D eigenvalue weighted by Crippen LogP contribution is 2.58. The Morgan fingerprint density at radius 2 is 1.81 bits per heavy atom. The van der Waals surface area contributed by atoms with Gasteiger partial charge in [-0.25, -0.2) is 0 Å². The van der Waals surface area contributed by atoms with Gasteiger partial charge in [-0.2, -0.15) is 0 Å². The van der Waals surface area contributed by atoms with Crippen molar-refractivity contribution >= 4 is 6.08 Å². The number of benzene rings is 1. The number of hydrogen-bond acceptors (Lipinski definition) is 1. The minimum atomic E-state index is -0.109. The third-order valence-electron chi connectivity index (χ3n) is 3.92. The Kier molecular flexibility index (Phi) is 2.67. The number of nitrogens with two attached hydrogens (primary N) is 1. The number of rotatable bonds is 3. The SMILES string of the molecule is C/C(=C/c1ccccc1)C1(C(C)(C)N)CC1. The predicted octanol–water partition coefficient (Wildman–Crippen LogP) is 3.61. The second-order valence-corrected chi connectivity index (χ2v) is 5.54. The van der Waals surface area contributed by atoms with Gasteiger partial charge in [0.05, 0.1) is 0 Å². The fourth-order valence-corrected chi connectivity index (χ4v) is 2.61. The Hall–Kier alpha value is -1.08. The highest BCUT2D eigenvalue weighted by molar-refractivity contribution is 5.55. The first-order chi connectivity index (χ1) is 7.46. The zero-order valence-corrected chi connectivity index (χ0v) is 10.5. The summed E-state index contributed by atoms with van der Waals surface area (Å²) in [6, 6.07) is 10.5. The van der Waals surface area contributed by atoms with Crippen molar-refractivity contribution < 1.29 is 0 Å². The third-order valence-corrected chi connectivity index (χ3v) is 3.92. The number of hydrogen-bond donors (Lipinski definition) is 1. The summed E-state index contributed by atoms with van der Waals surface area (Å²) in [6.07, 6.45) is 4.74. The van der Waals surface area contributed by atoms with Crippen molar-refractivity contribution in [2.24, 2.45) is 11.1 Å². The quantitative estimate of drug-likeness (QED) is 0.819. The summed E-state index contributed by atoms with van der Waals surface area (Å²) in [7, 11) is 0. The molecule has 1 aromatic carbocycles. The van der Waals surface area contributed by atoms with Crippen molar-refractivity contribution in [3.8, 4) is 0 Å². The van der Waals surface area contributed by atoms with Crippen LogP contribution in [0.25, 0.3) is 6.08 Å². The Bertz CT molecular complexity index is 391. The molecule has 2 rings (SSSR count). The predicted molar refractivity (Wildman–Crippen MR) is 70.0 cm³/mol. The third kappa shape index (κ3) is 1.92. The molecule has 0 bridgehead atoms. The highest BCUT2D eigenvalue weighted by atomic mass is 14.8. The fraction of sp³-hybridized carbons (Fsp3) is 0.467. The van der Waals surface area contributed by atoms with Crippen molar-refractivity contribution in [3.05, 3.63) is 41.5 Å². The first-order valence-corrected chi connectivity index (χ1v) is 5.98. The molecule has 1 fully saturated rings. The van der Waals surface area contributed by atoms with Gasteiger partial charge in [0.25, 0.3) is 0 Å². The Balaban J connectivity index is 2.27. The van der Waals surface area contributed by atoms with Crippen LogP contribution >= 0.6 is 0 Å². The zero-order chi connectivity index (χ0) is 11.8. The van der Waals surface area contributed by atoms with Crippen molar-refractivity contribution in [3.63, 3.8) is 0 Å². The Morgan fingerprint density at radius 1 is 1.25 bits per heavy atom. The molecule has 0 unspecified atom stereocenters. The van der Waals surface area contributed by atoms with Gasteiger partial charge in [-0.3, -0.25) is 0 Å². The maximum absolute atomic E-state index is 6.29. The van der Waals surface area contributed by atoms with Gasteiger partial charge in [0.1, 0.15) is 0 Å². The molecule has 0 atom stereocenters. The summed E-state index contributed by atoms with van der Waals surface area (Å²) in [5, 5.41) is 0. The van der Waals surface area contributed by atoms with Crippen LogP contribution < -0.4 is 5.73 Å². The summed E-state index contributed by atoms with van der Waals surface area (Å²) >= 11 is 0. The van der Waals surface area contributed by atoms with E-state index in [0.717, 1.165) is 0 Å². The van der Waals surface area contributed by atoms with E-state index in [-0.39, 0.29) is 11.0 Å². The first-order valence-electron chi connectivity index (χ1n) is 5.98. The molecule has 1 aromatic rings. The van der Waals surface area contributed by atoms with Gasteiger partial charge in [0.2, 0.25) is 0 Å². The minimum Gasteiger partial charge on any atom is -0.325 e. The van der Waals surface area contributed by atoms with Crippen molar-refractivity contribution in [1.82, 2.24) is 0 Å². The summed E-state index contributed by atoms with van der Waals surface area (Å²) in [4.78, 5) is 0. The monoisotopic (exact) mass is 215 g/mol. The zero-order valence-electron chi connectivity index (χ0n) is 10.5. The second-order valence-electron chi connectivity index (χ2n) is 5.54. The second kappa shape index (κ2) is 3.74. The lowest BCUT2D eigenvalue weighted by atomic mass is 9.79. The molecule has 1 aliphatic rings. The minimum absolute atomic E-state index is 0.109.